The van der Waals surface area contributed by atoms with Crippen LogP contribution in [0.25, 0.3) is 0 Å². The van der Waals surface area contributed by atoms with Crippen LogP contribution in [0.2, 0.25) is 0 Å². The van der Waals surface area contributed by atoms with Crippen LogP contribution in [0, 0.1) is 25.6 Å². The molecule has 1 aliphatic rings. The summed E-state index contributed by atoms with van der Waals surface area (Å²) in [6.45, 7) is 4.16. The van der Waals surface area contributed by atoms with Crippen LogP contribution in [0.3, 0.4) is 0 Å². The minimum absolute atomic E-state index is 0.0404. The Morgan fingerprint density at radius 3 is 2.69 bits per heavy atom. The average molecular weight is 421 g/mol. The molecule has 1 N–H and O–H groups in total. The highest BCUT2D eigenvalue weighted by atomic mass is 32.2. The third-order valence-electron chi connectivity index (χ3n) is 5.15. The summed E-state index contributed by atoms with van der Waals surface area (Å²) < 4.78 is 46.2. The fourth-order valence-electron chi connectivity index (χ4n) is 3.47. The van der Waals surface area contributed by atoms with Gasteiger partial charge in [-0.25, -0.2) is 12.8 Å². The van der Waals surface area contributed by atoms with E-state index in [1.807, 2.05) is 32.0 Å². The number of methoxy groups -OCH3 is 1. The maximum atomic E-state index is 13.7. The Hall–Kier alpha value is -2.45. The minimum atomic E-state index is -3.99. The molecule has 1 fully saturated rings. The Morgan fingerprint density at radius 1 is 1.21 bits per heavy atom. The van der Waals surface area contributed by atoms with Crippen LogP contribution < -0.4 is 10.1 Å². The number of anilines is 1. The number of amides is 1. The SMILES string of the molecule is COc1ccc(F)cc1S(=O)(=O)N1CCC[C@H](C(=O)Nc2cc(C)ccc2C)C1. The maximum absolute atomic E-state index is 13.7. The van der Waals surface area contributed by atoms with Crippen molar-refractivity contribution in [3.8, 4) is 5.75 Å². The predicted octanol–water partition coefficient (Wildman–Crippen LogP) is 3.49. The molecule has 1 aliphatic heterocycles. The van der Waals surface area contributed by atoms with Gasteiger partial charge in [0, 0.05) is 18.8 Å². The molecule has 3 rings (SSSR count). The van der Waals surface area contributed by atoms with Crippen LogP contribution in [-0.2, 0) is 14.8 Å². The van der Waals surface area contributed by atoms with E-state index in [1.54, 1.807) is 0 Å². The van der Waals surface area contributed by atoms with Gasteiger partial charge in [-0.15, -0.1) is 0 Å². The van der Waals surface area contributed by atoms with Gasteiger partial charge in [0.05, 0.1) is 13.0 Å². The molecule has 0 unspecified atom stereocenters. The van der Waals surface area contributed by atoms with E-state index in [1.165, 1.54) is 17.5 Å². The van der Waals surface area contributed by atoms with Crippen molar-refractivity contribution in [2.45, 2.75) is 31.6 Å². The van der Waals surface area contributed by atoms with Gasteiger partial charge in [0.15, 0.2) is 0 Å². The number of benzene rings is 2. The summed E-state index contributed by atoms with van der Waals surface area (Å²) in [6, 6.07) is 9.17. The summed E-state index contributed by atoms with van der Waals surface area (Å²) in [5, 5.41) is 2.92. The summed E-state index contributed by atoms with van der Waals surface area (Å²) in [7, 11) is -2.66. The number of nitrogens with one attached hydrogen (secondary N) is 1. The number of hydrogen-bond acceptors (Lipinski definition) is 4. The second-order valence-corrected chi connectivity index (χ2v) is 9.21. The quantitative estimate of drug-likeness (QED) is 0.803. The fraction of sp³-hybridized carbons (Fsp3) is 0.381. The Morgan fingerprint density at radius 2 is 1.97 bits per heavy atom. The Bertz CT molecular complexity index is 1020. The molecular weight excluding hydrogens is 395 g/mol. The molecule has 0 saturated carbocycles. The number of rotatable bonds is 5. The van der Waals surface area contributed by atoms with E-state index in [9.17, 15) is 17.6 Å². The highest BCUT2D eigenvalue weighted by Crippen LogP contribution is 2.31. The number of piperidine rings is 1. The molecule has 8 heteroatoms. The number of halogens is 1. The molecule has 29 heavy (non-hydrogen) atoms. The van der Waals surface area contributed by atoms with Crippen molar-refractivity contribution >= 4 is 21.6 Å². The third kappa shape index (κ3) is 4.59. The van der Waals surface area contributed by atoms with Crippen molar-refractivity contribution in [1.82, 2.24) is 4.31 Å². The van der Waals surface area contributed by atoms with E-state index in [-0.39, 0.29) is 29.6 Å². The summed E-state index contributed by atoms with van der Waals surface area (Å²) in [6.07, 6.45) is 1.13. The maximum Gasteiger partial charge on any atom is 0.246 e. The lowest BCUT2D eigenvalue weighted by Gasteiger charge is -2.31. The zero-order valence-electron chi connectivity index (χ0n) is 16.7. The number of ether oxygens (including phenoxy) is 1. The van der Waals surface area contributed by atoms with Gasteiger partial charge < -0.3 is 10.1 Å². The van der Waals surface area contributed by atoms with Gasteiger partial charge in [-0.2, -0.15) is 4.31 Å². The van der Waals surface area contributed by atoms with Gasteiger partial charge >= 0.3 is 0 Å². The van der Waals surface area contributed by atoms with Gasteiger partial charge in [0.2, 0.25) is 15.9 Å². The highest BCUT2D eigenvalue weighted by Gasteiger charge is 2.35. The lowest BCUT2D eigenvalue weighted by molar-refractivity contribution is -0.120. The van der Waals surface area contributed by atoms with Crippen LogP contribution in [0.5, 0.6) is 5.75 Å². The number of hydrogen-bond donors (Lipinski definition) is 1. The second kappa shape index (κ2) is 8.51. The van der Waals surface area contributed by atoms with Crippen molar-refractivity contribution < 1.29 is 22.3 Å². The smallest absolute Gasteiger partial charge is 0.246 e. The van der Waals surface area contributed by atoms with E-state index in [2.05, 4.69) is 5.32 Å². The van der Waals surface area contributed by atoms with Crippen molar-refractivity contribution in [2.24, 2.45) is 5.92 Å². The molecule has 1 saturated heterocycles. The normalized spacial score (nSPS) is 17.7. The van der Waals surface area contributed by atoms with Gasteiger partial charge in [-0.3, -0.25) is 4.79 Å². The number of aryl methyl sites for hydroxylation is 2. The molecule has 6 nitrogen and oxygen atoms in total. The average Bonchev–Trinajstić information content (AvgIpc) is 2.70. The standard InChI is InChI=1S/C21H25FN2O4S/c1-14-6-7-15(2)18(11-14)23-21(25)16-5-4-10-24(13-16)29(26,27)20-12-17(22)8-9-19(20)28-3/h6-9,11-12,16H,4-5,10,13H2,1-3H3,(H,23,25)/t16-/m0/s1. The Labute approximate surface area is 170 Å². The lowest BCUT2D eigenvalue weighted by atomic mass is 9.98. The Balaban J connectivity index is 1.80. The summed E-state index contributed by atoms with van der Waals surface area (Å²) in [5.74, 6) is -1.29. The molecule has 0 radical (unpaired) electrons. The van der Waals surface area contributed by atoms with E-state index >= 15 is 0 Å². The topological polar surface area (TPSA) is 75.7 Å². The van der Waals surface area contributed by atoms with E-state index in [0.717, 1.165) is 28.9 Å². The molecule has 1 atom stereocenters. The van der Waals surface area contributed by atoms with Crippen molar-refractivity contribution in [3.05, 3.63) is 53.3 Å². The number of nitrogens with zero attached hydrogens (tertiary/aromatic N) is 1. The van der Waals surface area contributed by atoms with Crippen molar-refractivity contribution in [3.63, 3.8) is 0 Å². The molecule has 1 amide bonds. The number of carbonyl (C=O) groups is 1. The lowest BCUT2D eigenvalue weighted by Crippen LogP contribution is -2.43. The van der Waals surface area contributed by atoms with Gasteiger partial charge in [-0.1, -0.05) is 12.1 Å². The zero-order valence-corrected chi connectivity index (χ0v) is 17.6. The van der Waals surface area contributed by atoms with Crippen LogP contribution in [0.4, 0.5) is 10.1 Å². The first-order valence-corrected chi connectivity index (χ1v) is 10.9. The first-order chi connectivity index (χ1) is 13.7. The van der Waals surface area contributed by atoms with Crippen molar-refractivity contribution in [1.29, 1.82) is 0 Å². The van der Waals surface area contributed by atoms with E-state index < -0.39 is 21.8 Å². The van der Waals surface area contributed by atoms with Crippen LogP contribution >= 0.6 is 0 Å². The number of sulfonamides is 1. The van der Waals surface area contributed by atoms with Gasteiger partial charge in [0.25, 0.3) is 0 Å². The molecule has 156 valence electrons. The monoisotopic (exact) mass is 420 g/mol. The predicted molar refractivity (Wildman–Crippen MR) is 109 cm³/mol. The second-order valence-electron chi connectivity index (χ2n) is 7.31. The van der Waals surface area contributed by atoms with Gasteiger partial charge in [-0.05, 0) is 62.1 Å². The van der Waals surface area contributed by atoms with Crippen LogP contribution in [0.15, 0.2) is 41.3 Å². The Kier molecular flexibility index (Phi) is 6.24. The van der Waals surface area contributed by atoms with Crippen molar-refractivity contribution in [2.75, 3.05) is 25.5 Å². The van der Waals surface area contributed by atoms with E-state index in [0.29, 0.717) is 12.8 Å². The van der Waals surface area contributed by atoms with Crippen LogP contribution in [-0.4, -0.2) is 38.8 Å². The molecular formula is C21H25FN2O4S. The molecule has 2 aromatic carbocycles. The summed E-state index contributed by atoms with van der Waals surface area (Å²) in [5.41, 5.74) is 2.69. The first-order valence-electron chi connectivity index (χ1n) is 9.44. The highest BCUT2D eigenvalue weighted by molar-refractivity contribution is 7.89. The number of carbonyl (C=O) groups excluding carboxylic acids is 1. The molecule has 0 spiro atoms. The molecule has 0 bridgehead atoms. The molecule has 1 heterocycles. The molecule has 2 aromatic rings. The largest absolute Gasteiger partial charge is 0.495 e. The first kappa shape index (κ1) is 21.3. The van der Waals surface area contributed by atoms with E-state index in [4.69, 9.17) is 4.74 Å². The third-order valence-corrected chi connectivity index (χ3v) is 7.04. The molecule has 0 aliphatic carbocycles. The fourth-order valence-corrected chi connectivity index (χ4v) is 5.16. The zero-order chi connectivity index (χ0) is 21.2. The van der Waals surface area contributed by atoms with Gasteiger partial charge in [0.1, 0.15) is 16.5 Å². The minimum Gasteiger partial charge on any atom is -0.495 e. The summed E-state index contributed by atoms with van der Waals surface area (Å²) >= 11 is 0. The summed E-state index contributed by atoms with van der Waals surface area (Å²) in [4.78, 5) is 12.6. The van der Waals surface area contributed by atoms with Crippen LogP contribution in [0.1, 0.15) is 24.0 Å². The molecule has 0 aromatic heterocycles.